The summed E-state index contributed by atoms with van der Waals surface area (Å²) in [6.07, 6.45) is 6.99. The third-order valence-corrected chi connectivity index (χ3v) is 5.37. The van der Waals surface area contributed by atoms with E-state index < -0.39 is 0 Å². The Kier molecular flexibility index (Phi) is 3.76. The number of fused-ring (bicyclic) bond motifs is 5. The van der Waals surface area contributed by atoms with Gasteiger partial charge < -0.3 is 0 Å². The van der Waals surface area contributed by atoms with Crippen molar-refractivity contribution in [2.24, 2.45) is 0 Å². The Morgan fingerprint density at radius 3 is 2.59 bits per heavy atom. The second kappa shape index (κ2) is 6.29. The zero-order valence-corrected chi connectivity index (χ0v) is 15.2. The summed E-state index contributed by atoms with van der Waals surface area (Å²) >= 11 is 5.95. The van der Waals surface area contributed by atoms with Crippen molar-refractivity contribution in [1.29, 1.82) is 0 Å². The lowest BCUT2D eigenvalue weighted by Crippen LogP contribution is -2.15. The quantitative estimate of drug-likeness (QED) is 0.321. The molecule has 0 saturated carbocycles. The van der Waals surface area contributed by atoms with Gasteiger partial charge in [-0.3, -0.25) is 14.8 Å². The zero-order valence-electron chi connectivity index (χ0n) is 14.4. The second-order valence-electron chi connectivity index (χ2n) is 6.73. The van der Waals surface area contributed by atoms with Crippen molar-refractivity contribution >= 4 is 45.3 Å². The molecule has 0 unspecified atom stereocenters. The van der Waals surface area contributed by atoms with Gasteiger partial charge in [-0.2, -0.15) is 0 Å². The lowest BCUT2D eigenvalue weighted by atomic mass is 9.84. The Morgan fingerprint density at radius 2 is 1.74 bits per heavy atom. The lowest BCUT2D eigenvalue weighted by Gasteiger charge is -2.20. The number of carbonyl (C=O) groups excluding carboxylic acids is 1. The van der Waals surface area contributed by atoms with Gasteiger partial charge in [-0.1, -0.05) is 29.8 Å². The number of nitrogens with zero attached hydrogens (tertiary/aromatic N) is 2. The van der Waals surface area contributed by atoms with Crippen molar-refractivity contribution in [3.8, 4) is 0 Å². The number of Topliss-reactive ketones (excluding diaryl/α,β-unsaturated/α-hetero) is 1. The van der Waals surface area contributed by atoms with Crippen LogP contribution >= 0.6 is 11.6 Å². The fraction of sp³-hybridized carbons (Fsp3) is 0.0870. The molecule has 3 nitrogen and oxygen atoms in total. The highest BCUT2D eigenvalue weighted by Gasteiger charge is 2.25. The monoisotopic (exact) mass is 370 g/mol. The molecule has 2 aromatic carbocycles. The summed E-state index contributed by atoms with van der Waals surface area (Å²) in [7, 11) is 0. The summed E-state index contributed by atoms with van der Waals surface area (Å²) in [4.78, 5) is 22.1. The normalized spacial score (nSPS) is 15.4. The van der Waals surface area contributed by atoms with Gasteiger partial charge in [0, 0.05) is 39.3 Å². The van der Waals surface area contributed by atoms with Crippen LogP contribution in [0.15, 0.2) is 66.5 Å². The molecule has 0 spiro atoms. The number of aromatic nitrogens is 2. The number of aryl methyl sites for hydroxylation is 1. The molecule has 0 aliphatic heterocycles. The molecule has 2 aromatic heterocycles. The first-order chi connectivity index (χ1) is 13.2. The van der Waals surface area contributed by atoms with Gasteiger partial charge in [0.15, 0.2) is 5.78 Å². The Balaban J connectivity index is 1.67. The van der Waals surface area contributed by atoms with E-state index in [4.69, 9.17) is 11.6 Å². The van der Waals surface area contributed by atoms with Crippen LogP contribution in [-0.4, -0.2) is 15.8 Å². The van der Waals surface area contributed by atoms with E-state index in [1.165, 1.54) is 0 Å². The molecule has 1 aliphatic rings. The molecule has 130 valence electrons. The molecule has 27 heavy (non-hydrogen) atoms. The van der Waals surface area contributed by atoms with Crippen molar-refractivity contribution in [2.75, 3.05) is 0 Å². The Hall–Kier alpha value is -3.04. The molecule has 0 N–H and O–H groups in total. The van der Waals surface area contributed by atoms with Crippen LogP contribution in [0.3, 0.4) is 0 Å². The molecule has 0 bridgehead atoms. The summed E-state index contributed by atoms with van der Waals surface area (Å²) in [6.45, 7) is 0. The molecule has 2 heterocycles. The highest BCUT2D eigenvalue weighted by atomic mass is 35.5. The third kappa shape index (κ3) is 2.71. The summed E-state index contributed by atoms with van der Waals surface area (Å²) in [5, 5.41) is 2.79. The number of allylic oxidation sites excluding steroid dienone is 1. The number of hydrogen-bond donors (Lipinski definition) is 0. The van der Waals surface area contributed by atoms with E-state index in [-0.39, 0.29) is 5.78 Å². The van der Waals surface area contributed by atoms with Crippen LogP contribution in [0, 0.1) is 0 Å². The molecule has 0 saturated heterocycles. The maximum Gasteiger partial charge on any atom is 0.190 e. The number of benzene rings is 2. The summed E-state index contributed by atoms with van der Waals surface area (Å²) in [5.41, 5.74) is 5.41. The molecular weight excluding hydrogens is 356 g/mol. The van der Waals surface area contributed by atoms with Crippen LogP contribution in [-0.2, 0) is 6.42 Å². The number of rotatable bonds is 1. The lowest BCUT2D eigenvalue weighted by molar-refractivity contribution is 0.102. The van der Waals surface area contributed by atoms with Gasteiger partial charge in [0.2, 0.25) is 0 Å². The molecule has 0 atom stereocenters. The smallest absolute Gasteiger partial charge is 0.190 e. The minimum atomic E-state index is 0.0569. The Morgan fingerprint density at radius 1 is 0.926 bits per heavy atom. The zero-order chi connectivity index (χ0) is 18.4. The van der Waals surface area contributed by atoms with Gasteiger partial charge in [-0.25, -0.2) is 0 Å². The van der Waals surface area contributed by atoms with E-state index in [1.807, 2.05) is 48.5 Å². The Bertz CT molecular complexity index is 1240. The first-order valence-electron chi connectivity index (χ1n) is 8.87. The first-order valence-corrected chi connectivity index (χ1v) is 9.25. The van der Waals surface area contributed by atoms with Gasteiger partial charge >= 0.3 is 0 Å². The van der Waals surface area contributed by atoms with E-state index in [0.717, 1.165) is 44.9 Å². The minimum absolute atomic E-state index is 0.0569. The fourth-order valence-corrected chi connectivity index (χ4v) is 3.94. The fourth-order valence-electron chi connectivity index (χ4n) is 3.81. The van der Waals surface area contributed by atoms with Gasteiger partial charge in [0.1, 0.15) is 0 Å². The van der Waals surface area contributed by atoms with Crippen LogP contribution < -0.4 is 0 Å². The highest BCUT2D eigenvalue weighted by Crippen LogP contribution is 2.34. The van der Waals surface area contributed by atoms with E-state index in [2.05, 4.69) is 16.0 Å². The summed E-state index contributed by atoms with van der Waals surface area (Å²) in [6, 6.07) is 15.5. The molecule has 4 heteroatoms. The number of hydrogen-bond acceptors (Lipinski definition) is 3. The summed E-state index contributed by atoms with van der Waals surface area (Å²) < 4.78 is 0. The van der Waals surface area contributed by atoms with Crippen LogP contribution in [0.4, 0.5) is 0 Å². The van der Waals surface area contributed by atoms with Crippen LogP contribution in [0.1, 0.15) is 27.9 Å². The maximum absolute atomic E-state index is 13.1. The third-order valence-electron chi connectivity index (χ3n) is 5.11. The average molecular weight is 371 g/mol. The Labute approximate surface area is 161 Å². The van der Waals surface area contributed by atoms with E-state index >= 15 is 0 Å². The van der Waals surface area contributed by atoms with Crippen molar-refractivity contribution in [2.45, 2.75) is 12.8 Å². The average Bonchev–Trinajstić information content (AvgIpc) is 2.71. The molecule has 4 aromatic rings. The van der Waals surface area contributed by atoms with Crippen LogP contribution in [0.5, 0.6) is 0 Å². The first kappa shape index (κ1) is 16.2. The van der Waals surface area contributed by atoms with Crippen molar-refractivity contribution in [1.82, 2.24) is 9.97 Å². The van der Waals surface area contributed by atoms with Gasteiger partial charge in [0.05, 0.1) is 11.0 Å². The van der Waals surface area contributed by atoms with Crippen molar-refractivity contribution in [3.63, 3.8) is 0 Å². The number of halogens is 1. The topological polar surface area (TPSA) is 42.9 Å². The number of ketones is 1. The predicted molar refractivity (Wildman–Crippen MR) is 109 cm³/mol. The van der Waals surface area contributed by atoms with Gasteiger partial charge in [-0.05, 0) is 60.4 Å². The minimum Gasteiger partial charge on any atom is -0.289 e. The van der Waals surface area contributed by atoms with E-state index in [0.29, 0.717) is 17.0 Å². The van der Waals surface area contributed by atoms with Crippen molar-refractivity contribution < 1.29 is 4.79 Å². The molecule has 0 fully saturated rings. The molecule has 0 radical (unpaired) electrons. The van der Waals surface area contributed by atoms with Crippen LogP contribution in [0.25, 0.3) is 27.9 Å². The largest absolute Gasteiger partial charge is 0.289 e. The highest BCUT2D eigenvalue weighted by molar-refractivity contribution is 6.30. The molecular formula is C23H15ClN2O. The number of carbonyl (C=O) groups is 1. The predicted octanol–water partition coefficient (Wildman–Crippen LogP) is 5.65. The van der Waals surface area contributed by atoms with Crippen LogP contribution in [0.2, 0.25) is 5.02 Å². The number of pyridine rings is 2. The van der Waals surface area contributed by atoms with Gasteiger partial charge in [0.25, 0.3) is 0 Å². The van der Waals surface area contributed by atoms with Crippen molar-refractivity contribution in [3.05, 3.63) is 88.2 Å². The summed E-state index contributed by atoms with van der Waals surface area (Å²) in [5.74, 6) is 0.0569. The maximum atomic E-state index is 13.1. The second-order valence-corrected chi connectivity index (χ2v) is 7.17. The van der Waals surface area contributed by atoms with Gasteiger partial charge in [-0.15, -0.1) is 0 Å². The standard InChI is InChI=1S/C23H15ClN2O/c24-16-6-3-14(4-7-16)12-15-5-8-17-19(23(15)27)13-26-21-10-9-20-18(22(17)21)2-1-11-25-20/h1-4,6-7,9-13H,5,8H2/b15-12-. The SMILES string of the molecule is O=C1/C(=C\c2ccc(Cl)cc2)CCc2c1cnc1ccc3ncccc3c21. The van der Waals surface area contributed by atoms with E-state index in [1.54, 1.807) is 12.4 Å². The molecule has 1 aliphatic carbocycles. The molecule has 5 rings (SSSR count). The van der Waals surface area contributed by atoms with E-state index in [9.17, 15) is 4.79 Å². The molecule has 0 amide bonds.